The van der Waals surface area contributed by atoms with Gasteiger partial charge in [-0.05, 0) is 37.6 Å². The van der Waals surface area contributed by atoms with E-state index in [1.165, 1.54) is 25.6 Å². The van der Waals surface area contributed by atoms with Gasteiger partial charge in [0.2, 0.25) is 17.1 Å². The molecule has 1 fully saturated rings. The summed E-state index contributed by atoms with van der Waals surface area (Å²) >= 11 is 2.09. The number of benzene rings is 1. The highest BCUT2D eigenvalue weighted by molar-refractivity contribution is 8.00. The molecule has 260 valence electrons. The monoisotopic (exact) mass is 723 g/mol. The summed E-state index contributed by atoms with van der Waals surface area (Å²) in [4.78, 5) is 63.0. The van der Waals surface area contributed by atoms with Gasteiger partial charge in [0.15, 0.2) is 17.1 Å². The van der Waals surface area contributed by atoms with Crippen LogP contribution < -0.4 is 26.1 Å². The van der Waals surface area contributed by atoms with Gasteiger partial charge in [-0.1, -0.05) is 26.9 Å². The van der Waals surface area contributed by atoms with Crippen molar-refractivity contribution in [2.45, 2.75) is 44.0 Å². The maximum Gasteiger partial charge on any atom is 0.353 e. The number of oxime groups is 1. The zero-order chi connectivity index (χ0) is 35.7. The lowest BCUT2D eigenvalue weighted by Crippen LogP contribution is -2.71. The van der Waals surface area contributed by atoms with E-state index in [1.54, 1.807) is 65.0 Å². The molecule has 0 saturated carbocycles. The summed E-state index contributed by atoms with van der Waals surface area (Å²) in [6, 6.07) is 9.19. The third kappa shape index (κ3) is 6.74. The molecule has 6 N–H and O–H groups in total. The van der Waals surface area contributed by atoms with Gasteiger partial charge in [-0.2, -0.15) is 9.36 Å². The summed E-state index contributed by atoms with van der Waals surface area (Å²) in [5.41, 5.74) is 11.1. The molecule has 0 radical (unpaired) electrons. The van der Waals surface area contributed by atoms with Crippen molar-refractivity contribution in [3.8, 4) is 5.75 Å². The lowest BCUT2D eigenvalue weighted by atomic mass is 10.0. The number of hydrogen-bond acceptors (Lipinski definition) is 15. The molecule has 0 spiro atoms. The SMILES string of the molecule is COc1ccc(COC(=O)C(C)(C)O/N=C(\C(=O)N[C@@H]2C(=O)N3C(C(=O)O)=C(C[n+]4ccn5nc(N)ccc54)CS[C@H]23)c2nsc(N)n2)cc1. The number of nitrogen functional groups attached to an aromatic ring is 2. The summed E-state index contributed by atoms with van der Waals surface area (Å²) in [5.74, 6) is -2.58. The van der Waals surface area contributed by atoms with Crippen molar-refractivity contribution >= 4 is 69.4 Å². The topological polar surface area (TPSA) is 243 Å². The lowest BCUT2D eigenvalue weighted by molar-refractivity contribution is -0.662. The molecule has 3 aromatic heterocycles. The Kier molecular flexibility index (Phi) is 9.30. The summed E-state index contributed by atoms with van der Waals surface area (Å²) in [5, 5.41) is 20.2. The largest absolute Gasteiger partial charge is 0.497 e. The van der Waals surface area contributed by atoms with Crippen LogP contribution in [0.15, 0.2) is 65.2 Å². The zero-order valence-corrected chi connectivity index (χ0v) is 28.4. The minimum atomic E-state index is -1.66. The molecule has 2 aliphatic heterocycles. The number of rotatable bonds is 12. The number of nitrogens with one attached hydrogen (secondary N) is 1. The first-order valence-corrected chi connectivity index (χ1v) is 16.7. The molecule has 2 atom stereocenters. The van der Waals surface area contributed by atoms with Crippen LogP contribution in [-0.2, 0) is 41.9 Å². The smallest absolute Gasteiger partial charge is 0.353 e. The Bertz CT molecular complexity index is 2060. The van der Waals surface area contributed by atoms with Gasteiger partial charge in [0, 0.05) is 28.9 Å². The summed E-state index contributed by atoms with van der Waals surface area (Å²) in [6.45, 7) is 2.91. The average Bonchev–Trinajstić information content (AvgIpc) is 3.70. The molecule has 1 aromatic carbocycles. The van der Waals surface area contributed by atoms with Crippen molar-refractivity contribution in [2.24, 2.45) is 5.16 Å². The van der Waals surface area contributed by atoms with Crippen LogP contribution in [0.4, 0.5) is 10.9 Å². The molecular weight excluding hydrogens is 693 g/mol. The van der Waals surface area contributed by atoms with E-state index in [-0.39, 0.29) is 35.6 Å². The van der Waals surface area contributed by atoms with Crippen LogP contribution in [0.3, 0.4) is 0 Å². The molecule has 6 rings (SSSR count). The number of thioether (sulfide) groups is 1. The fourth-order valence-corrected chi connectivity index (χ4v) is 6.88. The Morgan fingerprint density at radius 1 is 1.18 bits per heavy atom. The molecule has 0 bridgehead atoms. The normalized spacial score (nSPS) is 17.6. The number of β-lactam (4-membered cyclic amide) rings is 1. The molecular formula is C30H31N10O8S2+. The number of nitrogens with two attached hydrogens (primary N) is 2. The number of amides is 2. The molecule has 2 amide bonds. The number of carbonyl (C=O) groups excluding carboxylic acids is 3. The van der Waals surface area contributed by atoms with E-state index in [2.05, 4.69) is 24.9 Å². The van der Waals surface area contributed by atoms with Gasteiger partial charge in [0.05, 0.1) is 7.11 Å². The number of aromatic nitrogens is 5. The molecule has 0 aliphatic carbocycles. The predicted molar refractivity (Wildman–Crippen MR) is 178 cm³/mol. The van der Waals surface area contributed by atoms with Gasteiger partial charge in [-0.15, -0.1) is 11.8 Å². The Balaban J connectivity index is 1.16. The number of carboxylic acid groups (broad SMARTS) is 1. The van der Waals surface area contributed by atoms with E-state index < -0.39 is 46.5 Å². The molecule has 18 nitrogen and oxygen atoms in total. The number of esters is 1. The maximum atomic E-state index is 13.6. The molecule has 5 heterocycles. The predicted octanol–water partition coefficient (Wildman–Crippen LogP) is 0.328. The van der Waals surface area contributed by atoms with Crippen LogP contribution >= 0.6 is 23.3 Å². The molecule has 50 heavy (non-hydrogen) atoms. The highest BCUT2D eigenvalue weighted by Crippen LogP contribution is 2.40. The third-order valence-electron chi connectivity index (χ3n) is 7.70. The van der Waals surface area contributed by atoms with Crippen LogP contribution in [0.1, 0.15) is 25.2 Å². The van der Waals surface area contributed by atoms with Gasteiger partial charge in [-0.25, -0.2) is 14.2 Å². The third-order valence-corrected chi connectivity index (χ3v) is 9.58. The second-order valence-corrected chi connectivity index (χ2v) is 13.4. The molecule has 1 saturated heterocycles. The Hall–Kier alpha value is -5.76. The first-order valence-electron chi connectivity index (χ1n) is 14.9. The van der Waals surface area contributed by atoms with Crippen LogP contribution in [0.5, 0.6) is 5.75 Å². The highest BCUT2D eigenvalue weighted by atomic mass is 32.2. The molecule has 4 aromatic rings. The Morgan fingerprint density at radius 2 is 1.94 bits per heavy atom. The van der Waals surface area contributed by atoms with Crippen molar-refractivity contribution in [1.82, 2.24) is 29.2 Å². The maximum absolute atomic E-state index is 13.6. The van der Waals surface area contributed by atoms with Crippen molar-refractivity contribution in [1.29, 1.82) is 0 Å². The van der Waals surface area contributed by atoms with Crippen LogP contribution in [0.2, 0.25) is 0 Å². The zero-order valence-electron chi connectivity index (χ0n) is 26.8. The second kappa shape index (κ2) is 13.6. The number of aliphatic carboxylic acids is 1. The van der Waals surface area contributed by atoms with E-state index in [9.17, 15) is 24.3 Å². The number of nitrogens with zero attached hydrogens (tertiary/aromatic N) is 7. The van der Waals surface area contributed by atoms with E-state index in [4.69, 9.17) is 25.8 Å². The van der Waals surface area contributed by atoms with Crippen molar-refractivity contribution in [3.63, 3.8) is 0 Å². The van der Waals surface area contributed by atoms with Crippen LogP contribution in [0.25, 0.3) is 5.65 Å². The number of carboxylic acids is 1. The van der Waals surface area contributed by atoms with E-state index >= 15 is 0 Å². The fourth-order valence-electron chi connectivity index (χ4n) is 5.11. The minimum Gasteiger partial charge on any atom is -0.497 e. The van der Waals surface area contributed by atoms with E-state index in [1.807, 2.05) is 0 Å². The highest BCUT2D eigenvalue weighted by Gasteiger charge is 2.54. The quantitative estimate of drug-likeness (QED) is 0.0506. The minimum absolute atomic E-state index is 0.0317. The number of fused-ring (bicyclic) bond motifs is 2. The first-order chi connectivity index (χ1) is 23.9. The lowest BCUT2D eigenvalue weighted by Gasteiger charge is -2.49. The average molecular weight is 724 g/mol. The van der Waals surface area contributed by atoms with Crippen molar-refractivity contribution in [2.75, 3.05) is 24.3 Å². The molecule has 20 heteroatoms. The van der Waals surface area contributed by atoms with Gasteiger partial charge in [-0.3, -0.25) is 14.5 Å². The number of hydrogen-bond donors (Lipinski definition) is 4. The number of imidazole rings is 1. The van der Waals surface area contributed by atoms with Gasteiger partial charge in [0.1, 0.15) is 42.2 Å². The number of anilines is 2. The van der Waals surface area contributed by atoms with Gasteiger partial charge in [0.25, 0.3) is 11.8 Å². The summed E-state index contributed by atoms with van der Waals surface area (Å²) < 4.78 is 17.9. The van der Waals surface area contributed by atoms with Gasteiger partial charge < -0.3 is 36.2 Å². The summed E-state index contributed by atoms with van der Waals surface area (Å²) in [7, 11) is 1.54. The number of ether oxygens (including phenoxy) is 2. The van der Waals surface area contributed by atoms with Crippen LogP contribution in [-0.4, -0.2) is 88.3 Å². The molecule has 0 unspecified atom stereocenters. The van der Waals surface area contributed by atoms with Crippen molar-refractivity contribution < 1.29 is 43.2 Å². The van der Waals surface area contributed by atoms with Crippen molar-refractivity contribution in [3.05, 3.63) is 71.4 Å². The van der Waals surface area contributed by atoms with Crippen LogP contribution in [0, 0.1) is 0 Å². The fraction of sp³-hybridized carbons (Fsp3) is 0.300. The Labute approximate surface area is 291 Å². The number of carbonyl (C=O) groups is 4. The molecule has 2 aliphatic rings. The Morgan fingerprint density at radius 3 is 2.62 bits per heavy atom. The standard InChI is InChI=1S/C30H30N10O8S2/c1-30(2,28(45)47-13-15-4-6-17(46-3)7-5-15)48-36-20(23-34-29(32)50-37-23)24(41)33-21-25(42)40-22(27(43)44)16(14-49-26(21)40)12-38-10-11-39-19(38)9-8-18(31)35-39/h4-11,21,26H,12-14H2,1-3H3,(H5-,31,32,33,34,35,37,41,43,44)/p+1/b36-20-/t21-,26-/m1/s1. The first kappa shape index (κ1) is 34.1. The van der Waals surface area contributed by atoms with Gasteiger partial charge >= 0.3 is 17.6 Å². The summed E-state index contributed by atoms with van der Waals surface area (Å²) in [6.07, 6.45) is 3.42. The van der Waals surface area contributed by atoms with E-state index in [0.29, 0.717) is 28.4 Å². The second-order valence-electron chi connectivity index (χ2n) is 11.5. The van der Waals surface area contributed by atoms with E-state index in [0.717, 1.165) is 16.4 Å². The number of methoxy groups -OCH3 is 1.